The van der Waals surface area contributed by atoms with E-state index >= 15 is 0 Å². The highest BCUT2D eigenvalue weighted by Gasteiger charge is 2.03. The van der Waals surface area contributed by atoms with Crippen LogP contribution in [0.5, 0.6) is 0 Å². The molecule has 15 heavy (non-hydrogen) atoms. The lowest BCUT2D eigenvalue weighted by atomic mass is 10.2. The highest BCUT2D eigenvalue weighted by molar-refractivity contribution is 5.82. The molecule has 0 aliphatic carbocycles. The summed E-state index contributed by atoms with van der Waals surface area (Å²) < 4.78 is 9.37. The quantitative estimate of drug-likeness (QED) is 0.309. The molecule has 0 saturated carbocycles. The molecule has 0 saturated heterocycles. The van der Waals surface area contributed by atoms with Gasteiger partial charge in [-0.3, -0.25) is 4.79 Å². The van der Waals surface area contributed by atoms with Crippen LogP contribution in [-0.4, -0.2) is 19.0 Å². The van der Waals surface area contributed by atoms with Crippen LogP contribution in [0.2, 0.25) is 0 Å². The summed E-state index contributed by atoms with van der Waals surface area (Å²) in [5.74, 6) is -0.494. The lowest BCUT2D eigenvalue weighted by molar-refractivity contribution is -0.137. The molecular formula is C11H16O4. The summed E-state index contributed by atoms with van der Waals surface area (Å²) in [7, 11) is 1.29. The highest BCUT2D eigenvalue weighted by atomic mass is 16.5. The van der Waals surface area contributed by atoms with Gasteiger partial charge in [-0.15, -0.1) is 0 Å². The average Bonchev–Trinajstić information content (AvgIpc) is 2.21. The van der Waals surface area contributed by atoms with E-state index < -0.39 is 11.9 Å². The monoisotopic (exact) mass is 212 g/mol. The van der Waals surface area contributed by atoms with Gasteiger partial charge in [-0.2, -0.15) is 0 Å². The predicted molar refractivity (Wildman–Crippen MR) is 55.9 cm³/mol. The summed E-state index contributed by atoms with van der Waals surface area (Å²) in [6.07, 6.45) is 3.40. The minimum absolute atomic E-state index is 0.399. The van der Waals surface area contributed by atoms with E-state index in [0.717, 1.165) is 12.0 Å². The summed E-state index contributed by atoms with van der Waals surface area (Å²) in [6, 6.07) is 0. The van der Waals surface area contributed by atoms with E-state index in [1.807, 2.05) is 13.8 Å². The number of carbonyl (C=O) groups excluding carboxylic acids is 2. The van der Waals surface area contributed by atoms with Gasteiger partial charge in [0.25, 0.3) is 0 Å². The predicted octanol–water partition coefficient (Wildman–Crippen LogP) is 1.96. The Morgan fingerprint density at radius 1 is 1.20 bits per heavy atom. The van der Waals surface area contributed by atoms with Crippen molar-refractivity contribution < 1.29 is 19.1 Å². The van der Waals surface area contributed by atoms with E-state index in [-0.39, 0.29) is 0 Å². The fourth-order valence-corrected chi connectivity index (χ4v) is 0.804. The number of hydrogen-bond acceptors (Lipinski definition) is 4. The van der Waals surface area contributed by atoms with Crippen LogP contribution in [-0.2, 0) is 19.1 Å². The molecule has 0 N–H and O–H groups in total. The number of methoxy groups -OCH3 is 1. The Labute approximate surface area is 89.6 Å². The average molecular weight is 212 g/mol. The van der Waals surface area contributed by atoms with Crippen LogP contribution in [0.1, 0.15) is 27.2 Å². The molecule has 0 fully saturated rings. The number of rotatable bonds is 4. The van der Waals surface area contributed by atoms with Gasteiger partial charge in [0, 0.05) is 13.0 Å². The van der Waals surface area contributed by atoms with Crippen molar-refractivity contribution in [2.75, 3.05) is 7.11 Å². The molecule has 0 spiro atoms. The van der Waals surface area contributed by atoms with Crippen LogP contribution in [0, 0.1) is 0 Å². The minimum atomic E-state index is -0.483. The molecule has 0 rings (SSSR count). The summed E-state index contributed by atoms with van der Waals surface area (Å²) in [5.41, 5.74) is 0.894. The zero-order valence-electron chi connectivity index (χ0n) is 9.49. The fraction of sp³-hybridized carbons (Fsp3) is 0.455. The van der Waals surface area contributed by atoms with E-state index in [2.05, 4.69) is 4.74 Å². The van der Waals surface area contributed by atoms with E-state index in [1.165, 1.54) is 26.2 Å². The Balaban J connectivity index is 4.74. The molecule has 84 valence electrons. The van der Waals surface area contributed by atoms with Crippen LogP contribution in [0.3, 0.4) is 0 Å². The van der Waals surface area contributed by atoms with Gasteiger partial charge in [0.2, 0.25) is 0 Å². The molecule has 0 aromatic heterocycles. The van der Waals surface area contributed by atoms with Crippen molar-refractivity contribution in [3.63, 3.8) is 0 Å². The molecule has 0 aliphatic heterocycles. The first-order chi connectivity index (χ1) is 7.01. The second-order valence-electron chi connectivity index (χ2n) is 2.95. The van der Waals surface area contributed by atoms with Gasteiger partial charge in [-0.1, -0.05) is 6.92 Å². The lowest BCUT2D eigenvalue weighted by Gasteiger charge is -2.05. The molecule has 4 nitrogen and oxygen atoms in total. The van der Waals surface area contributed by atoms with Gasteiger partial charge in [0.05, 0.1) is 7.11 Å². The van der Waals surface area contributed by atoms with Crippen LogP contribution in [0.15, 0.2) is 23.5 Å². The van der Waals surface area contributed by atoms with Crippen molar-refractivity contribution in [1.29, 1.82) is 0 Å². The van der Waals surface area contributed by atoms with Crippen LogP contribution >= 0.6 is 0 Å². The van der Waals surface area contributed by atoms with E-state index in [1.54, 1.807) is 0 Å². The molecule has 0 atom stereocenters. The summed E-state index contributed by atoms with van der Waals surface area (Å²) in [5, 5.41) is 0. The third kappa shape index (κ3) is 5.67. The normalized spacial score (nSPS) is 12.3. The van der Waals surface area contributed by atoms with E-state index in [9.17, 15) is 9.59 Å². The first-order valence-electron chi connectivity index (χ1n) is 4.65. The smallest absolute Gasteiger partial charge is 0.330 e. The molecule has 0 aromatic carbocycles. The van der Waals surface area contributed by atoms with E-state index in [0.29, 0.717) is 5.76 Å². The molecule has 0 unspecified atom stereocenters. The van der Waals surface area contributed by atoms with E-state index in [4.69, 9.17) is 4.74 Å². The van der Waals surface area contributed by atoms with Crippen molar-refractivity contribution in [3.8, 4) is 0 Å². The number of hydrogen-bond donors (Lipinski definition) is 0. The number of ether oxygens (including phenoxy) is 2. The largest absolute Gasteiger partial charge is 0.466 e. The maximum absolute atomic E-state index is 10.8. The molecule has 0 aromatic rings. The number of allylic oxidation sites excluding steroid dienone is 2. The Morgan fingerprint density at radius 3 is 2.20 bits per heavy atom. The van der Waals surface area contributed by atoms with Crippen molar-refractivity contribution in [2.45, 2.75) is 27.2 Å². The zero-order valence-corrected chi connectivity index (χ0v) is 9.49. The molecule has 0 aliphatic rings. The van der Waals surface area contributed by atoms with Gasteiger partial charge in [0.1, 0.15) is 5.76 Å². The summed E-state index contributed by atoms with van der Waals surface area (Å²) >= 11 is 0. The van der Waals surface area contributed by atoms with Gasteiger partial charge in [0.15, 0.2) is 0 Å². The molecule has 0 bridgehead atoms. The summed E-state index contributed by atoms with van der Waals surface area (Å²) in [4.78, 5) is 21.6. The topological polar surface area (TPSA) is 52.6 Å². The zero-order chi connectivity index (χ0) is 11.8. The Bertz CT molecular complexity index is 300. The molecular weight excluding hydrogens is 196 g/mol. The first kappa shape index (κ1) is 13.4. The van der Waals surface area contributed by atoms with Gasteiger partial charge in [-0.25, -0.2) is 4.79 Å². The van der Waals surface area contributed by atoms with Gasteiger partial charge >= 0.3 is 11.9 Å². The second kappa shape index (κ2) is 6.81. The maximum atomic E-state index is 10.8. The third-order valence-electron chi connectivity index (χ3n) is 1.78. The minimum Gasteiger partial charge on any atom is -0.466 e. The molecule has 0 amide bonds. The van der Waals surface area contributed by atoms with Crippen molar-refractivity contribution in [3.05, 3.63) is 23.5 Å². The highest BCUT2D eigenvalue weighted by Crippen LogP contribution is 2.11. The molecule has 0 heterocycles. The second-order valence-corrected chi connectivity index (χ2v) is 2.95. The van der Waals surface area contributed by atoms with Gasteiger partial charge in [-0.05, 0) is 25.0 Å². The van der Waals surface area contributed by atoms with Crippen molar-refractivity contribution in [1.82, 2.24) is 0 Å². The molecule has 0 radical (unpaired) electrons. The van der Waals surface area contributed by atoms with Gasteiger partial charge < -0.3 is 9.47 Å². The van der Waals surface area contributed by atoms with Crippen molar-refractivity contribution >= 4 is 11.9 Å². The van der Waals surface area contributed by atoms with Crippen LogP contribution in [0.25, 0.3) is 0 Å². The van der Waals surface area contributed by atoms with Crippen LogP contribution in [0.4, 0.5) is 0 Å². The maximum Gasteiger partial charge on any atom is 0.330 e. The standard InChI is InChI=1S/C11H16O4/c1-5-8(2)10(15-9(3)12)6-7-11(13)14-4/h6-7H,5H2,1-4H3/b7-6+,10-8?. The lowest BCUT2D eigenvalue weighted by Crippen LogP contribution is -2.01. The Hall–Kier alpha value is -1.58. The Kier molecular flexibility index (Phi) is 6.09. The molecule has 4 heteroatoms. The fourth-order valence-electron chi connectivity index (χ4n) is 0.804. The number of esters is 2. The van der Waals surface area contributed by atoms with Crippen molar-refractivity contribution in [2.24, 2.45) is 0 Å². The first-order valence-corrected chi connectivity index (χ1v) is 4.65. The SMILES string of the molecule is CCC(C)=C(/C=C/C(=O)OC)OC(C)=O. The van der Waals surface area contributed by atoms with Crippen LogP contribution < -0.4 is 0 Å². The Morgan fingerprint density at radius 2 is 1.80 bits per heavy atom. The summed E-state index contributed by atoms with van der Waals surface area (Å²) in [6.45, 7) is 5.08. The number of carbonyl (C=O) groups is 2. The third-order valence-corrected chi connectivity index (χ3v) is 1.78.